The quantitative estimate of drug-likeness (QED) is 0.716. The van der Waals surface area contributed by atoms with Gasteiger partial charge in [-0.2, -0.15) is 0 Å². The van der Waals surface area contributed by atoms with Gasteiger partial charge in [0.2, 0.25) is 0 Å². The number of aromatic nitrogens is 1. The molecule has 0 aliphatic heterocycles. The van der Waals surface area contributed by atoms with E-state index in [1.165, 1.54) is 50.6 Å². The zero-order chi connectivity index (χ0) is 18.2. The number of nitrogens with zero attached hydrogens (tertiary/aromatic N) is 1. The first-order chi connectivity index (χ1) is 12.3. The molecular formula is C23H35NO2. The Morgan fingerprint density at radius 2 is 1.77 bits per heavy atom. The fraction of sp³-hybridized carbons (Fsp3) is 0.870. The van der Waals surface area contributed by atoms with Crippen LogP contribution in [-0.4, -0.2) is 15.9 Å². The van der Waals surface area contributed by atoms with E-state index in [0.29, 0.717) is 16.7 Å². The molecule has 3 nitrogen and oxygen atoms in total. The molecule has 26 heavy (non-hydrogen) atoms. The minimum absolute atomic E-state index is 0.404. The summed E-state index contributed by atoms with van der Waals surface area (Å²) in [7, 11) is 0. The van der Waals surface area contributed by atoms with E-state index in [-0.39, 0.29) is 0 Å². The van der Waals surface area contributed by atoms with Crippen molar-refractivity contribution < 1.29 is 9.63 Å². The van der Waals surface area contributed by atoms with Crippen molar-refractivity contribution in [1.82, 2.24) is 5.16 Å². The highest BCUT2D eigenvalue weighted by Gasteiger charge is 2.61. The predicted molar refractivity (Wildman–Crippen MR) is 102 cm³/mol. The third-order valence-electron chi connectivity index (χ3n) is 9.77. The monoisotopic (exact) mass is 357 g/mol. The Hall–Kier alpha value is -0.830. The summed E-state index contributed by atoms with van der Waals surface area (Å²) in [6.07, 6.45) is 13.1. The summed E-state index contributed by atoms with van der Waals surface area (Å²) in [6.45, 7) is 7.20. The van der Waals surface area contributed by atoms with Crippen LogP contribution in [0.15, 0.2) is 16.9 Å². The molecule has 4 fully saturated rings. The third-order valence-corrected chi connectivity index (χ3v) is 9.77. The highest BCUT2D eigenvalue weighted by atomic mass is 16.5. The number of aliphatic hydroxyl groups is 1. The van der Waals surface area contributed by atoms with Gasteiger partial charge in [0, 0.05) is 12.0 Å². The average molecular weight is 358 g/mol. The minimum Gasteiger partial charge on any atom is -0.390 e. The fourth-order valence-corrected chi connectivity index (χ4v) is 8.32. The average Bonchev–Trinajstić information content (AvgIpc) is 3.22. The largest absolute Gasteiger partial charge is 0.390 e. The molecule has 1 heterocycles. The third kappa shape index (κ3) is 2.31. The van der Waals surface area contributed by atoms with Crippen LogP contribution in [0.25, 0.3) is 0 Å². The summed E-state index contributed by atoms with van der Waals surface area (Å²) in [5, 5.41) is 15.0. The Morgan fingerprint density at radius 1 is 0.962 bits per heavy atom. The number of hydrogen-bond acceptors (Lipinski definition) is 3. The van der Waals surface area contributed by atoms with E-state index in [1.54, 1.807) is 6.26 Å². The highest BCUT2D eigenvalue weighted by Crippen LogP contribution is 2.69. The van der Waals surface area contributed by atoms with Gasteiger partial charge in [0.1, 0.15) is 6.26 Å². The summed E-state index contributed by atoms with van der Waals surface area (Å²) >= 11 is 0. The Morgan fingerprint density at radius 3 is 2.54 bits per heavy atom. The maximum absolute atomic E-state index is 10.6. The number of fused-ring (bicyclic) bond motifs is 5. The molecule has 1 N–H and O–H groups in total. The molecule has 4 saturated carbocycles. The normalized spacial score (nSPS) is 53.6. The zero-order valence-electron chi connectivity index (χ0n) is 16.7. The SMILES string of the molecule is C[C@@]1(O)CC[C@@]2(C)C(CCC3C2CC[C@@]2(C)C3CC[C@@H]2c2ccon2)C1. The van der Waals surface area contributed by atoms with E-state index in [2.05, 4.69) is 32.0 Å². The molecule has 144 valence electrons. The van der Waals surface area contributed by atoms with E-state index < -0.39 is 5.60 Å². The predicted octanol–water partition coefficient (Wildman–Crippen LogP) is 5.55. The van der Waals surface area contributed by atoms with Gasteiger partial charge >= 0.3 is 0 Å². The molecule has 4 aliphatic rings. The fourth-order valence-electron chi connectivity index (χ4n) is 8.32. The van der Waals surface area contributed by atoms with Gasteiger partial charge in [-0.05, 0) is 99.2 Å². The second kappa shape index (κ2) is 5.59. The molecule has 4 unspecified atom stereocenters. The molecule has 1 aromatic rings. The first-order valence-electron chi connectivity index (χ1n) is 11.0. The van der Waals surface area contributed by atoms with Crippen LogP contribution in [-0.2, 0) is 0 Å². The lowest BCUT2D eigenvalue weighted by Crippen LogP contribution is -2.55. The van der Waals surface area contributed by atoms with Gasteiger partial charge in [0.15, 0.2) is 0 Å². The molecule has 0 radical (unpaired) electrons. The van der Waals surface area contributed by atoms with Gasteiger partial charge in [-0.15, -0.1) is 0 Å². The molecule has 8 atom stereocenters. The van der Waals surface area contributed by atoms with Crippen molar-refractivity contribution in [2.24, 2.45) is 34.5 Å². The molecule has 0 aromatic carbocycles. The van der Waals surface area contributed by atoms with Crippen molar-refractivity contribution >= 4 is 0 Å². The lowest BCUT2D eigenvalue weighted by Gasteiger charge is -2.61. The van der Waals surface area contributed by atoms with Gasteiger partial charge in [0.25, 0.3) is 0 Å². The van der Waals surface area contributed by atoms with Gasteiger partial charge in [-0.25, -0.2) is 0 Å². The van der Waals surface area contributed by atoms with Crippen molar-refractivity contribution in [3.8, 4) is 0 Å². The molecule has 0 amide bonds. The number of hydrogen-bond donors (Lipinski definition) is 1. The van der Waals surface area contributed by atoms with Crippen LogP contribution < -0.4 is 0 Å². The van der Waals surface area contributed by atoms with Crippen LogP contribution in [0.2, 0.25) is 0 Å². The van der Waals surface area contributed by atoms with Crippen LogP contribution in [0.5, 0.6) is 0 Å². The van der Waals surface area contributed by atoms with Crippen LogP contribution in [0.1, 0.15) is 90.2 Å². The standard InChI is InChI=1S/C23H35NO2/c1-21(25)11-12-22(2)15(14-21)4-5-16-17-6-7-19(20-9-13-26-24-20)23(17,3)10-8-18(16)22/h9,13,15-19,25H,4-8,10-12,14H2,1-3H3/t15?,16?,17?,18?,19-,21-,22+,23+/m1/s1. The molecule has 0 spiro atoms. The van der Waals surface area contributed by atoms with Crippen molar-refractivity contribution in [2.75, 3.05) is 0 Å². The van der Waals surface area contributed by atoms with Crippen molar-refractivity contribution in [2.45, 2.75) is 90.1 Å². The first kappa shape index (κ1) is 17.3. The van der Waals surface area contributed by atoms with Crippen molar-refractivity contribution in [1.29, 1.82) is 0 Å². The molecule has 0 bridgehead atoms. The van der Waals surface area contributed by atoms with Crippen LogP contribution in [0.4, 0.5) is 0 Å². The second-order valence-corrected chi connectivity index (χ2v) is 11.0. The molecular weight excluding hydrogens is 322 g/mol. The van der Waals surface area contributed by atoms with E-state index >= 15 is 0 Å². The second-order valence-electron chi connectivity index (χ2n) is 11.0. The number of rotatable bonds is 1. The van der Waals surface area contributed by atoms with Crippen LogP contribution in [0.3, 0.4) is 0 Å². The van der Waals surface area contributed by atoms with Gasteiger partial charge in [0.05, 0.1) is 11.3 Å². The maximum Gasteiger partial charge on any atom is 0.124 e. The van der Waals surface area contributed by atoms with E-state index in [4.69, 9.17) is 4.52 Å². The van der Waals surface area contributed by atoms with Gasteiger partial charge in [-0.1, -0.05) is 19.0 Å². The molecule has 1 aromatic heterocycles. The summed E-state index contributed by atoms with van der Waals surface area (Å²) in [6, 6.07) is 2.10. The van der Waals surface area contributed by atoms with E-state index in [0.717, 1.165) is 36.5 Å². The lowest BCUT2D eigenvalue weighted by molar-refractivity contribution is -0.143. The molecule has 5 rings (SSSR count). The Bertz CT molecular complexity index is 668. The summed E-state index contributed by atoms with van der Waals surface area (Å²) in [5.41, 5.74) is 1.63. The highest BCUT2D eigenvalue weighted by molar-refractivity contribution is 5.18. The minimum atomic E-state index is -0.425. The topological polar surface area (TPSA) is 46.3 Å². The Kier molecular flexibility index (Phi) is 3.72. The van der Waals surface area contributed by atoms with Crippen LogP contribution in [0, 0.1) is 34.5 Å². The summed E-state index contributed by atoms with van der Waals surface area (Å²) < 4.78 is 5.19. The van der Waals surface area contributed by atoms with Gasteiger partial charge < -0.3 is 9.63 Å². The smallest absolute Gasteiger partial charge is 0.124 e. The van der Waals surface area contributed by atoms with E-state index in [1.807, 2.05) is 0 Å². The molecule has 4 aliphatic carbocycles. The van der Waals surface area contributed by atoms with Crippen molar-refractivity contribution in [3.63, 3.8) is 0 Å². The Balaban J connectivity index is 1.43. The van der Waals surface area contributed by atoms with Crippen molar-refractivity contribution in [3.05, 3.63) is 18.0 Å². The lowest BCUT2D eigenvalue weighted by atomic mass is 9.44. The molecule has 0 saturated heterocycles. The summed E-state index contributed by atoms with van der Waals surface area (Å²) in [4.78, 5) is 0. The van der Waals surface area contributed by atoms with Gasteiger partial charge in [-0.3, -0.25) is 0 Å². The maximum atomic E-state index is 10.6. The van der Waals surface area contributed by atoms with E-state index in [9.17, 15) is 5.11 Å². The van der Waals surface area contributed by atoms with Crippen LogP contribution >= 0.6 is 0 Å². The molecule has 3 heteroatoms. The Labute approximate surface area is 157 Å². The first-order valence-corrected chi connectivity index (χ1v) is 11.0. The summed E-state index contributed by atoms with van der Waals surface area (Å²) in [5.74, 6) is 3.92. The zero-order valence-corrected chi connectivity index (χ0v) is 16.7.